The fourth-order valence-electron chi connectivity index (χ4n) is 3.54. The first kappa shape index (κ1) is 13.4. The van der Waals surface area contributed by atoms with Crippen LogP contribution in [0.4, 0.5) is 0 Å². The summed E-state index contributed by atoms with van der Waals surface area (Å²) in [5.74, 6) is 6.50. The normalized spacial score (nSPS) is 20.2. The second-order valence-electron chi connectivity index (χ2n) is 5.90. The zero-order valence-corrected chi connectivity index (χ0v) is 11.4. The third kappa shape index (κ3) is 2.70. The Hall–Kier alpha value is -1.00. The smallest absolute Gasteiger partial charge is 0.0775 e. The van der Waals surface area contributed by atoms with Crippen LogP contribution in [-0.2, 0) is 0 Å². The van der Waals surface area contributed by atoms with E-state index >= 15 is 0 Å². The van der Waals surface area contributed by atoms with Crippen molar-refractivity contribution < 1.29 is 0 Å². The van der Waals surface area contributed by atoms with Gasteiger partial charge in [0.1, 0.15) is 0 Å². The number of hydrogen-bond acceptors (Lipinski definition) is 4. The van der Waals surface area contributed by atoms with E-state index in [0.717, 1.165) is 5.69 Å². The molecular formula is C14H24N4. The van der Waals surface area contributed by atoms with Crippen molar-refractivity contribution in [2.45, 2.75) is 52.0 Å². The summed E-state index contributed by atoms with van der Waals surface area (Å²) in [5.41, 5.74) is 4.23. The van der Waals surface area contributed by atoms with Crippen LogP contribution in [0, 0.1) is 11.3 Å². The van der Waals surface area contributed by atoms with E-state index in [-0.39, 0.29) is 11.5 Å². The Kier molecular flexibility index (Phi) is 4.30. The van der Waals surface area contributed by atoms with Crippen molar-refractivity contribution in [2.75, 3.05) is 0 Å². The number of nitrogens with zero attached hydrogens (tertiary/aromatic N) is 2. The van der Waals surface area contributed by atoms with Crippen LogP contribution >= 0.6 is 0 Å². The van der Waals surface area contributed by atoms with Crippen LogP contribution in [0.3, 0.4) is 0 Å². The summed E-state index contributed by atoms with van der Waals surface area (Å²) in [6.07, 6.45) is 11.5. The zero-order chi connectivity index (χ0) is 13.0. The first-order valence-electron chi connectivity index (χ1n) is 6.90. The Balaban J connectivity index is 2.28. The minimum Gasteiger partial charge on any atom is -0.271 e. The van der Waals surface area contributed by atoms with Crippen LogP contribution < -0.4 is 11.3 Å². The minimum absolute atomic E-state index is 0.121. The molecule has 3 N–H and O–H groups in total. The van der Waals surface area contributed by atoms with Gasteiger partial charge in [0.2, 0.25) is 0 Å². The maximum atomic E-state index is 5.83. The van der Waals surface area contributed by atoms with Crippen molar-refractivity contribution in [1.29, 1.82) is 0 Å². The van der Waals surface area contributed by atoms with E-state index in [0.29, 0.717) is 5.92 Å². The van der Waals surface area contributed by atoms with Gasteiger partial charge in [0.15, 0.2) is 0 Å². The van der Waals surface area contributed by atoms with Crippen LogP contribution in [0.5, 0.6) is 0 Å². The van der Waals surface area contributed by atoms with Gasteiger partial charge in [-0.05, 0) is 30.6 Å². The van der Waals surface area contributed by atoms with Gasteiger partial charge >= 0.3 is 0 Å². The van der Waals surface area contributed by atoms with Crippen molar-refractivity contribution in [1.82, 2.24) is 15.4 Å². The van der Waals surface area contributed by atoms with E-state index in [1.54, 1.807) is 12.4 Å². The number of rotatable bonds is 5. The molecule has 2 rings (SSSR count). The van der Waals surface area contributed by atoms with Crippen LogP contribution in [0.15, 0.2) is 18.6 Å². The molecule has 0 spiro atoms. The second-order valence-corrected chi connectivity index (χ2v) is 5.90. The first-order valence-corrected chi connectivity index (χ1v) is 6.90. The molecule has 0 bridgehead atoms. The SMILES string of the molecule is CC(C)CC1(C(NN)c2cnccn2)CCCC1. The molecule has 1 heterocycles. The molecule has 1 aliphatic rings. The molecule has 1 aromatic rings. The Morgan fingerprint density at radius 1 is 1.33 bits per heavy atom. The Bertz CT molecular complexity index is 357. The van der Waals surface area contributed by atoms with E-state index in [1.807, 2.05) is 6.20 Å². The lowest BCUT2D eigenvalue weighted by molar-refractivity contribution is 0.152. The standard InChI is InChI=1S/C14H24N4/c1-11(2)9-14(5-3-4-6-14)13(18-15)12-10-16-7-8-17-12/h7-8,10-11,13,18H,3-6,9,15H2,1-2H3. The molecule has 1 unspecified atom stereocenters. The van der Waals surface area contributed by atoms with Gasteiger partial charge in [-0.2, -0.15) is 0 Å². The molecule has 1 fully saturated rings. The zero-order valence-electron chi connectivity index (χ0n) is 11.4. The summed E-state index contributed by atoms with van der Waals surface area (Å²) in [6, 6.07) is 0.121. The Labute approximate surface area is 109 Å². The van der Waals surface area contributed by atoms with Gasteiger partial charge in [0.25, 0.3) is 0 Å². The predicted octanol–water partition coefficient (Wildman–Crippen LogP) is 2.59. The van der Waals surface area contributed by atoms with E-state index < -0.39 is 0 Å². The van der Waals surface area contributed by atoms with Gasteiger partial charge < -0.3 is 0 Å². The number of aromatic nitrogens is 2. The summed E-state index contributed by atoms with van der Waals surface area (Å²) in [7, 11) is 0. The lowest BCUT2D eigenvalue weighted by atomic mass is 9.72. The fraction of sp³-hybridized carbons (Fsp3) is 0.714. The lowest BCUT2D eigenvalue weighted by Gasteiger charge is -2.38. The maximum Gasteiger partial charge on any atom is 0.0775 e. The van der Waals surface area contributed by atoms with Gasteiger partial charge in [-0.3, -0.25) is 21.2 Å². The highest BCUT2D eigenvalue weighted by Gasteiger charge is 2.42. The lowest BCUT2D eigenvalue weighted by Crippen LogP contribution is -2.41. The minimum atomic E-state index is 0.121. The largest absolute Gasteiger partial charge is 0.271 e. The molecular weight excluding hydrogens is 224 g/mol. The predicted molar refractivity (Wildman–Crippen MR) is 72.5 cm³/mol. The van der Waals surface area contributed by atoms with Crippen molar-refractivity contribution in [3.8, 4) is 0 Å². The van der Waals surface area contributed by atoms with Gasteiger partial charge in [-0.25, -0.2) is 0 Å². The van der Waals surface area contributed by atoms with Crippen molar-refractivity contribution in [3.63, 3.8) is 0 Å². The highest BCUT2D eigenvalue weighted by molar-refractivity contribution is 5.10. The third-order valence-electron chi connectivity index (χ3n) is 4.07. The molecule has 1 aliphatic carbocycles. The fourth-order valence-corrected chi connectivity index (χ4v) is 3.54. The van der Waals surface area contributed by atoms with E-state index in [9.17, 15) is 0 Å². The second kappa shape index (κ2) is 5.76. The molecule has 100 valence electrons. The first-order chi connectivity index (χ1) is 8.68. The molecule has 0 amide bonds. The Morgan fingerprint density at radius 3 is 2.56 bits per heavy atom. The van der Waals surface area contributed by atoms with Crippen LogP contribution in [0.1, 0.15) is 57.7 Å². The molecule has 0 saturated heterocycles. The van der Waals surface area contributed by atoms with Crippen LogP contribution in [0.2, 0.25) is 0 Å². The highest BCUT2D eigenvalue weighted by Crippen LogP contribution is 2.50. The van der Waals surface area contributed by atoms with Crippen molar-refractivity contribution in [2.24, 2.45) is 17.2 Å². The number of nitrogens with two attached hydrogens (primary N) is 1. The molecule has 4 nitrogen and oxygen atoms in total. The van der Waals surface area contributed by atoms with Crippen LogP contribution in [0.25, 0.3) is 0 Å². The van der Waals surface area contributed by atoms with Crippen LogP contribution in [-0.4, -0.2) is 9.97 Å². The van der Waals surface area contributed by atoms with Gasteiger partial charge in [0, 0.05) is 12.4 Å². The van der Waals surface area contributed by atoms with E-state index in [4.69, 9.17) is 5.84 Å². The molecule has 0 aromatic carbocycles. The summed E-state index contributed by atoms with van der Waals surface area (Å²) < 4.78 is 0. The summed E-state index contributed by atoms with van der Waals surface area (Å²) in [5, 5.41) is 0. The highest BCUT2D eigenvalue weighted by atomic mass is 15.2. The average molecular weight is 248 g/mol. The molecule has 4 heteroatoms. The van der Waals surface area contributed by atoms with Crippen molar-refractivity contribution >= 4 is 0 Å². The van der Waals surface area contributed by atoms with Gasteiger partial charge in [-0.15, -0.1) is 0 Å². The molecule has 0 radical (unpaired) electrons. The molecule has 1 atom stereocenters. The topological polar surface area (TPSA) is 63.8 Å². The molecule has 1 saturated carbocycles. The molecule has 1 aromatic heterocycles. The number of nitrogens with one attached hydrogen (secondary N) is 1. The third-order valence-corrected chi connectivity index (χ3v) is 4.07. The quantitative estimate of drug-likeness (QED) is 0.621. The van der Waals surface area contributed by atoms with E-state index in [2.05, 4.69) is 29.2 Å². The number of hydrogen-bond donors (Lipinski definition) is 2. The van der Waals surface area contributed by atoms with E-state index in [1.165, 1.54) is 32.1 Å². The van der Waals surface area contributed by atoms with Crippen molar-refractivity contribution in [3.05, 3.63) is 24.3 Å². The number of hydrazine groups is 1. The maximum absolute atomic E-state index is 5.83. The van der Waals surface area contributed by atoms with Gasteiger partial charge in [-0.1, -0.05) is 26.7 Å². The molecule has 18 heavy (non-hydrogen) atoms. The van der Waals surface area contributed by atoms with Gasteiger partial charge in [0.05, 0.1) is 17.9 Å². The molecule has 0 aliphatic heterocycles. The Morgan fingerprint density at radius 2 is 2.06 bits per heavy atom. The average Bonchev–Trinajstić information content (AvgIpc) is 2.79. The monoisotopic (exact) mass is 248 g/mol. The summed E-state index contributed by atoms with van der Waals surface area (Å²) >= 11 is 0. The summed E-state index contributed by atoms with van der Waals surface area (Å²) in [4.78, 5) is 8.62. The summed E-state index contributed by atoms with van der Waals surface area (Å²) in [6.45, 7) is 4.56.